The number of carboxylic acid groups (broad SMARTS) is 1. The number of rotatable bonds is 9. The Morgan fingerprint density at radius 3 is 2.03 bits per heavy atom. The number of carbonyl (C=O) groups excluding carboxylic acids is 1. The molecule has 0 fully saturated rings. The Kier molecular flexibility index (Phi) is 8.34. The molecule has 2 aromatic carbocycles. The van der Waals surface area contributed by atoms with Crippen molar-refractivity contribution in [3.05, 3.63) is 59.7 Å². The molecule has 3 atom stereocenters. The first-order valence-electron chi connectivity index (χ1n) is 9.32. The summed E-state index contributed by atoms with van der Waals surface area (Å²) in [4.78, 5) is 23.9. The lowest BCUT2D eigenvalue weighted by Crippen LogP contribution is -2.49. The van der Waals surface area contributed by atoms with Gasteiger partial charge in [0, 0.05) is 6.04 Å². The first-order chi connectivity index (χ1) is 15.6. The summed E-state index contributed by atoms with van der Waals surface area (Å²) in [5.74, 6) is -4.09. The molecular weight excluding hydrogens is 478 g/mol. The number of aliphatic carboxylic acids is 1. The molecule has 0 aliphatic heterocycles. The van der Waals surface area contributed by atoms with Crippen molar-refractivity contribution in [2.75, 3.05) is 0 Å². The fourth-order valence-electron chi connectivity index (χ4n) is 2.81. The Balaban J connectivity index is 2.06. The minimum atomic E-state index is -5.03. The van der Waals surface area contributed by atoms with E-state index in [9.17, 15) is 46.1 Å². The Labute approximate surface area is 187 Å². The van der Waals surface area contributed by atoms with Gasteiger partial charge in [-0.15, -0.1) is 26.3 Å². The molecule has 0 saturated heterocycles. The van der Waals surface area contributed by atoms with Gasteiger partial charge in [0.15, 0.2) is 6.04 Å². The maximum absolute atomic E-state index is 12.4. The lowest BCUT2D eigenvalue weighted by atomic mass is 10.0. The molecule has 0 unspecified atom stereocenters. The van der Waals surface area contributed by atoms with E-state index in [0.29, 0.717) is 5.56 Å². The van der Waals surface area contributed by atoms with E-state index in [1.807, 2.05) is 5.32 Å². The van der Waals surface area contributed by atoms with E-state index in [0.717, 1.165) is 36.4 Å². The van der Waals surface area contributed by atoms with Crippen LogP contribution >= 0.6 is 0 Å². The van der Waals surface area contributed by atoms with Crippen molar-refractivity contribution in [3.63, 3.8) is 0 Å². The smallest absolute Gasteiger partial charge is 0.479 e. The third-order valence-electron chi connectivity index (χ3n) is 4.26. The molecule has 0 aliphatic carbocycles. The van der Waals surface area contributed by atoms with Crippen LogP contribution in [-0.4, -0.2) is 47.0 Å². The molecular formula is C20H18F6N2O6. The van der Waals surface area contributed by atoms with Crippen LogP contribution in [0.5, 0.6) is 11.5 Å². The topological polar surface area (TPSA) is 131 Å². The highest BCUT2D eigenvalue weighted by Crippen LogP contribution is 2.26. The van der Waals surface area contributed by atoms with Crippen molar-refractivity contribution in [3.8, 4) is 11.5 Å². The molecule has 0 spiro atoms. The second kappa shape index (κ2) is 10.6. The fourth-order valence-corrected chi connectivity index (χ4v) is 2.81. The Bertz CT molecular complexity index is 996. The minimum Gasteiger partial charge on any atom is -0.479 e. The van der Waals surface area contributed by atoms with Crippen molar-refractivity contribution in [2.24, 2.45) is 5.73 Å². The fraction of sp³-hybridized carbons (Fsp3) is 0.300. The number of aliphatic hydroxyl groups excluding tert-OH is 1. The summed E-state index contributed by atoms with van der Waals surface area (Å²) in [5.41, 5.74) is 5.82. The lowest BCUT2D eigenvalue weighted by Gasteiger charge is -2.22. The van der Waals surface area contributed by atoms with Gasteiger partial charge in [-0.3, -0.25) is 4.79 Å². The highest BCUT2D eigenvalue weighted by atomic mass is 19.4. The Hall–Kier alpha value is -3.52. The van der Waals surface area contributed by atoms with Gasteiger partial charge in [0.25, 0.3) is 5.91 Å². The van der Waals surface area contributed by atoms with E-state index in [-0.39, 0.29) is 12.0 Å². The maximum atomic E-state index is 12.4. The second-order valence-corrected chi connectivity index (χ2v) is 6.90. The van der Waals surface area contributed by atoms with Crippen LogP contribution in [-0.2, 0) is 16.0 Å². The molecule has 0 aromatic heterocycles. The van der Waals surface area contributed by atoms with Crippen LogP contribution in [0.4, 0.5) is 26.3 Å². The van der Waals surface area contributed by atoms with E-state index in [4.69, 9.17) is 5.73 Å². The SMILES string of the molecule is N[C@H](Cc1ccc(OC(F)(F)F)cc1)[C@H](O)C(=O)N[C@@H](C(=O)O)c1cccc(OC(F)(F)F)c1. The minimum absolute atomic E-state index is 0.187. The summed E-state index contributed by atoms with van der Waals surface area (Å²) in [6.07, 6.45) is -12.1. The number of amides is 1. The van der Waals surface area contributed by atoms with E-state index in [2.05, 4.69) is 9.47 Å². The molecule has 0 heterocycles. The third-order valence-corrected chi connectivity index (χ3v) is 4.26. The standard InChI is InChI=1S/C20H18F6N2O6/c21-19(22,23)33-12-6-4-10(5-7-12)8-14(27)16(29)17(30)28-15(18(31)32)11-2-1-3-13(9-11)34-20(24,25)26/h1-7,9,14-16,29H,8,27H2,(H,28,30)(H,31,32)/t14-,15-,16+/m1/s1. The molecule has 1 amide bonds. The number of ether oxygens (including phenoxy) is 2. The second-order valence-electron chi connectivity index (χ2n) is 6.90. The number of nitrogens with one attached hydrogen (secondary N) is 1. The van der Waals surface area contributed by atoms with Crippen LogP contribution in [0.15, 0.2) is 48.5 Å². The molecule has 2 aromatic rings. The number of hydrogen-bond acceptors (Lipinski definition) is 6. The molecule has 186 valence electrons. The first kappa shape index (κ1) is 26.7. The number of aliphatic hydroxyl groups is 1. The molecule has 0 aliphatic rings. The first-order valence-corrected chi connectivity index (χ1v) is 9.32. The highest BCUT2D eigenvalue weighted by molar-refractivity contribution is 5.87. The molecule has 34 heavy (non-hydrogen) atoms. The predicted molar refractivity (Wildman–Crippen MR) is 102 cm³/mol. The maximum Gasteiger partial charge on any atom is 0.573 e. The summed E-state index contributed by atoms with van der Waals surface area (Å²) in [5, 5.41) is 21.5. The number of halogens is 6. The summed E-state index contributed by atoms with van der Waals surface area (Å²) >= 11 is 0. The van der Waals surface area contributed by atoms with Crippen molar-refractivity contribution in [2.45, 2.75) is 37.3 Å². The van der Waals surface area contributed by atoms with E-state index >= 15 is 0 Å². The molecule has 8 nitrogen and oxygen atoms in total. The van der Waals surface area contributed by atoms with Gasteiger partial charge in [-0.05, 0) is 41.8 Å². The molecule has 2 rings (SSSR count). The zero-order valence-corrected chi connectivity index (χ0v) is 16.9. The van der Waals surface area contributed by atoms with E-state index < -0.39 is 54.3 Å². The van der Waals surface area contributed by atoms with Gasteiger partial charge in [-0.2, -0.15) is 0 Å². The molecule has 0 bridgehead atoms. The van der Waals surface area contributed by atoms with Crippen LogP contribution in [0.2, 0.25) is 0 Å². The van der Waals surface area contributed by atoms with Crippen molar-refractivity contribution in [1.82, 2.24) is 5.32 Å². The van der Waals surface area contributed by atoms with Gasteiger partial charge >= 0.3 is 18.7 Å². The van der Waals surface area contributed by atoms with Gasteiger partial charge < -0.3 is 30.7 Å². The number of hydrogen-bond donors (Lipinski definition) is 4. The molecule has 5 N–H and O–H groups in total. The number of benzene rings is 2. The zero-order valence-electron chi connectivity index (χ0n) is 16.9. The molecule has 0 radical (unpaired) electrons. The Morgan fingerprint density at radius 2 is 1.50 bits per heavy atom. The normalized spacial score (nSPS) is 14.6. The quantitative estimate of drug-likeness (QED) is 0.393. The van der Waals surface area contributed by atoms with Gasteiger partial charge in [0.05, 0.1) is 0 Å². The van der Waals surface area contributed by atoms with Gasteiger partial charge in [0.2, 0.25) is 0 Å². The Morgan fingerprint density at radius 1 is 0.941 bits per heavy atom. The summed E-state index contributed by atoms with van der Waals surface area (Å²) in [7, 11) is 0. The lowest BCUT2D eigenvalue weighted by molar-refractivity contribution is -0.275. The number of carboxylic acids is 1. The number of alkyl halides is 6. The van der Waals surface area contributed by atoms with Crippen LogP contribution in [0.25, 0.3) is 0 Å². The molecule has 0 saturated carbocycles. The van der Waals surface area contributed by atoms with Crippen LogP contribution < -0.4 is 20.5 Å². The van der Waals surface area contributed by atoms with Gasteiger partial charge in [-0.25, -0.2) is 4.79 Å². The van der Waals surface area contributed by atoms with Gasteiger partial charge in [0.1, 0.15) is 17.6 Å². The number of nitrogens with two attached hydrogens (primary N) is 1. The van der Waals surface area contributed by atoms with Crippen LogP contribution in [0, 0.1) is 0 Å². The van der Waals surface area contributed by atoms with Gasteiger partial charge in [-0.1, -0.05) is 24.3 Å². The number of carbonyl (C=O) groups is 2. The average molecular weight is 496 g/mol. The van der Waals surface area contributed by atoms with E-state index in [1.54, 1.807) is 0 Å². The van der Waals surface area contributed by atoms with Crippen LogP contribution in [0.1, 0.15) is 17.2 Å². The molecule has 14 heteroatoms. The summed E-state index contributed by atoms with van der Waals surface area (Å²) in [6, 6.07) is 5.17. The van der Waals surface area contributed by atoms with Crippen LogP contribution in [0.3, 0.4) is 0 Å². The van der Waals surface area contributed by atoms with Crippen molar-refractivity contribution >= 4 is 11.9 Å². The predicted octanol–water partition coefficient (Wildman–Crippen LogP) is 2.66. The monoisotopic (exact) mass is 496 g/mol. The van der Waals surface area contributed by atoms with Crippen molar-refractivity contribution < 1.29 is 55.6 Å². The largest absolute Gasteiger partial charge is 0.573 e. The third kappa shape index (κ3) is 8.44. The highest BCUT2D eigenvalue weighted by Gasteiger charge is 2.33. The average Bonchev–Trinajstić information content (AvgIpc) is 2.70. The summed E-state index contributed by atoms with van der Waals surface area (Å²) in [6.45, 7) is 0. The van der Waals surface area contributed by atoms with E-state index in [1.165, 1.54) is 12.1 Å². The van der Waals surface area contributed by atoms with Crippen molar-refractivity contribution in [1.29, 1.82) is 0 Å². The zero-order chi connectivity index (χ0) is 25.7. The summed E-state index contributed by atoms with van der Waals surface area (Å²) < 4.78 is 81.3.